The Morgan fingerprint density at radius 1 is 1.07 bits per heavy atom. The minimum atomic E-state index is -0.0527. The van der Waals surface area contributed by atoms with Crippen molar-refractivity contribution in [3.8, 4) is 0 Å². The van der Waals surface area contributed by atoms with Gasteiger partial charge in [-0.1, -0.05) is 51.3 Å². The molecule has 2 aliphatic rings. The van der Waals surface area contributed by atoms with Gasteiger partial charge < -0.3 is 19.2 Å². The number of ether oxygens (including phenoxy) is 2. The molecular formula is C37H63NO4. The maximum Gasteiger partial charge on any atom is 0.157 e. The number of benzene rings is 1. The normalized spacial score (nSPS) is 16.4. The molecule has 2 atom stereocenters. The van der Waals surface area contributed by atoms with E-state index in [0.717, 1.165) is 57.4 Å². The van der Waals surface area contributed by atoms with E-state index in [9.17, 15) is 4.79 Å². The minimum absolute atomic E-state index is 0.0527. The van der Waals surface area contributed by atoms with E-state index in [0.29, 0.717) is 17.6 Å². The number of aryl methyl sites for hydroxylation is 1. The third-order valence-corrected chi connectivity index (χ3v) is 9.27. The molecule has 1 unspecified atom stereocenters. The van der Waals surface area contributed by atoms with Gasteiger partial charge in [0.05, 0.1) is 0 Å². The Balaban J connectivity index is 0.000000419. The number of aldehydes is 1. The van der Waals surface area contributed by atoms with Crippen LogP contribution in [0.1, 0.15) is 123 Å². The number of Topliss-reactive ketones (excluding diaryl/α,β-unsaturated/α-hetero) is 1. The molecule has 240 valence electrons. The number of hydrogen-bond acceptors (Lipinski definition) is 5. The van der Waals surface area contributed by atoms with Crippen molar-refractivity contribution in [1.82, 2.24) is 0 Å². The molecule has 1 aromatic rings. The van der Waals surface area contributed by atoms with E-state index in [4.69, 9.17) is 14.3 Å². The molecule has 1 aliphatic heterocycles. The van der Waals surface area contributed by atoms with Gasteiger partial charge >= 0.3 is 0 Å². The summed E-state index contributed by atoms with van der Waals surface area (Å²) in [4.78, 5) is 22.8. The topological polar surface area (TPSA) is 55.8 Å². The molecule has 1 heterocycles. The number of allylic oxidation sites excluding steroid dienone is 2. The minimum Gasteiger partial charge on any atom is -0.372 e. The highest BCUT2D eigenvalue weighted by atomic mass is 16.7. The lowest BCUT2D eigenvalue weighted by Gasteiger charge is -2.35. The predicted octanol–water partition coefficient (Wildman–Crippen LogP) is 9.29. The number of piperidine rings is 1. The first-order chi connectivity index (χ1) is 20.1. The van der Waals surface area contributed by atoms with Crippen LogP contribution in [0.5, 0.6) is 0 Å². The number of rotatable bonds is 14. The van der Waals surface area contributed by atoms with Crippen LogP contribution >= 0.6 is 0 Å². The number of anilines is 1. The lowest BCUT2D eigenvalue weighted by atomic mass is 9.82. The zero-order chi connectivity index (χ0) is 31.5. The van der Waals surface area contributed by atoms with Gasteiger partial charge in [-0.2, -0.15) is 0 Å². The van der Waals surface area contributed by atoms with E-state index in [2.05, 4.69) is 64.6 Å². The molecule has 5 nitrogen and oxygen atoms in total. The standard InChI is InChI=1S/C21H35NO2.C14H24O.C2H4O/c1-6-16(2)13-19-15-20(8-7-17(19)3)22-11-9-18(10-12-22)14-21(23-4)24-5;1-4-6-14(15)10-9-11(2)12(3)13-7-5-8-13;1-2-3/h7-8,15-16,18,21H,6,9-14H2,1-5H3;11H,4-10H2,1-3H3;2H,1H3/t16-;;/m1../s1. The van der Waals surface area contributed by atoms with Crippen LogP contribution in [0.15, 0.2) is 29.3 Å². The average molecular weight is 586 g/mol. The van der Waals surface area contributed by atoms with Gasteiger partial charge in [0.15, 0.2) is 6.29 Å². The van der Waals surface area contributed by atoms with Gasteiger partial charge in [0.25, 0.3) is 0 Å². The van der Waals surface area contributed by atoms with E-state index < -0.39 is 0 Å². The molecule has 42 heavy (non-hydrogen) atoms. The van der Waals surface area contributed by atoms with Crippen molar-refractivity contribution in [3.63, 3.8) is 0 Å². The number of hydrogen-bond donors (Lipinski definition) is 0. The Morgan fingerprint density at radius 2 is 1.69 bits per heavy atom. The summed E-state index contributed by atoms with van der Waals surface area (Å²) in [6.45, 7) is 17.2. The van der Waals surface area contributed by atoms with Crippen molar-refractivity contribution in [2.75, 3.05) is 32.2 Å². The first-order valence-corrected chi connectivity index (χ1v) is 16.6. The van der Waals surface area contributed by atoms with Gasteiger partial charge in [0, 0.05) is 52.3 Å². The zero-order valence-electron chi connectivity index (χ0n) is 28.6. The number of nitrogens with zero attached hydrogens (tertiary/aromatic N) is 1. The first-order valence-electron chi connectivity index (χ1n) is 16.6. The maximum absolute atomic E-state index is 11.4. The van der Waals surface area contributed by atoms with Crippen LogP contribution in [0.4, 0.5) is 5.69 Å². The fourth-order valence-electron chi connectivity index (χ4n) is 5.68. The largest absolute Gasteiger partial charge is 0.372 e. The van der Waals surface area contributed by atoms with Crippen molar-refractivity contribution >= 4 is 17.8 Å². The van der Waals surface area contributed by atoms with E-state index in [1.807, 2.05) is 0 Å². The Morgan fingerprint density at radius 3 is 2.19 bits per heavy atom. The summed E-state index contributed by atoms with van der Waals surface area (Å²) in [6.07, 6.45) is 14.1. The quantitative estimate of drug-likeness (QED) is 0.124. The summed E-state index contributed by atoms with van der Waals surface area (Å²) in [5.41, 5.74) is 7.56. The molecule has 1 aromatic carbocycles. The highest BCUT2D eigenvalue weighted by Gasteiger charge is 2.23. The summed E-state index contributed by atoms with van der Waals surface area (Å²) in [6, 6.07) is 7.02. The van der Waals surface area contributed by atoms with Gasteiger partial charge in [-0.15, -0.1) is 0 Å². The van der Waals surface area contributed by atoms with Crippen LogP contribution in [0, 0.1) is 24.7 Å². The lowest BCUT2D eigenvalue weighted by molar-refractivity contribution is -0.119. The van der Waals surface area contributed by atoms with Crippen LogP contribution in [0.2, 0.25) is 0 Å². The second-order valence-corrected chi connectivity index (χ2v) is 12.5. The third-order valence-electron chi connectivity index (χ3n) is 9.27. The number of ketones is 1. The second kappa shape index (κ2) is 21.7. The zero-order valence-corrected chi connectivity index (χ0v) is 28.6. The van der Waals surface area contributed by atoms with Crippen LogP contribution in [-0.4, -0.2) is 45.7 Å². The van der Waals surface area contributed by atoms with E-state index in [1.165, 1.54) is 68.7 Å². The molecule has 0 amide bonds. The van der Waals surface area contributed by atoms with E-state index in [-0.39, 0.29) is 6.29 Å². The average Bonchev–Trinajstić information content (AvgIpc) is 2.96. The van der Waals surface area contributed by atoms with Crippen molar-refractivity contribution in [1.29, 1.82) is 0 Å². The molecule has 0 radical (unpaired) electrons. The predicted molar refractivity (Wildman–Crippen MR) is 178 cm³/mol. The van der Waals surface area contributed by atoms with Crippen molar-refractivity contribution in [2.24, 2.45) is 17.8 Å². The Hall–Kier alpha value is -1.98. The smallest absolute Gasteiger partial charge is 0.157 e. The number of carbonyl (C=O) groups is 2. The van der Waals surface area contributed by atoms with Crippen molar-refractivity contribution in [3.05, 3.63) is 40.5 Å². The van der Waals surface area contributed by atoms with Crippen LogP contribution in [-0.2, 0) is 25.5 Å². The summed E-state index contributed by atoms with van der Waals surface area (Å²) in [5.74, 6) is 2.51. The second-order valence-electron chi connectivity index (χ2n) is 12.5. The molecule has 3 rings (SSSR count). The first kappa shape index (κ1) is 38.0. The summed E-state index contributed by atoms with van der Waals surface area (Å²) in [7, 11) is 3.46. The Labute approximate surface area is 258 Å². The fourth-order valence-corrected chi connectivity index (χ4v) is 5.68. The molecule has 0 aromatic heterocycles. The fraction of sp³-hybridized carbons (Fsp3) is 0.730. The summed E-state index contributed by atoms with van der Waals surface area (Å²) < 4.78 is 10.7. The maximum atomic E-state index is 11.4. The highest BCUT2D eigenvalue weighted by molar-refractivity contribution is 5.78. The van der Waals surface area contributed by atoms with Gasteiger partial charge in [0.1, 0.15) is 12.1 Å². The van der Waals surface area contributed by atoms with Gasteiger partial charge in [0.2, 0.25) is 0 Å². The van der Waals surface area contributed by atoms with Crippen LogP contribution in [0.25, 0.3) is 0 Å². The van der Waals surface area contributed by atoms with Crippen molar-refractivity contribution in [2.45, 2.75) is 132 Å². The highest BCUT2D eigenvalue weighted by Crippen LogP contribution is 2.33. The van der Waals surface area contributed by atoms with E-state index >= 15 is 0 Å². The molecule has 1 saturated heterocycles. The molecule has 2 fully saturated rings. The van der Waals surface area contributed by atoms with Crippen molar-refractivity contribution < 1.29 is 19.1 Å². The lowest BCUT2D eigenvalue weighted by Crippen LogP contribution is -2.35. The van der Waals surface area contributed by atoms with Gasteiger partial charge in [-0.05, 0) is 113 Å². The summed E-state index contributed by atoms with van der Waals surface area (Å²) >= 11 is 0. The number of methoxy groups -OCH3 is 2. The summed E-state index contributed by atoms with van der Waals surface area (Å²) in [5, 5.41) is 0. The molecule has 1 saturated carbocycles. The Bertz CT molecular complexity index is 922. The molecule has 5 heteroatoms. The van der Waals surface area contributed by atoms with Crippen LogP contribution < -0.4 is 4.90 Å². The SMILES string of the molecule is CC=O.CCCC(=O)CCC(C)C(C)=C1CCC1.CC[C@@H](C)Cc1cc(N2CCC(CC(OC)OC)CC2)ccc1C. The molecular weight excluding hydrogens is 522 g/mol. The molecule has 1 aliphatic carbocycles. The molecule has 0 N–H and O–H groups in total. The van der Waals surface area contributed by atoms with Gasteiger partial charge in [-0.3, -0.25) is 4.79 Å². The molecule has 0 spiro atoms. The third kappa shape index (κ3) is 14.0. The molecule has 0 bridgehead atoms. The monoisotopic (exact) mass is 585 g/mol. The Kier molecular flexibility index (Phi) is 19.6. The van der Waals surface area contributed by atoms with E-state index in [1.54, 1.807) is 25.4 Å². The number of carbonyl (C=O) groups excluding carboxylic acids is 2. The van der Waals surface area contributed by atoms with Gasteiger partial charge in [-0.25, -0.2) is 0 Å². The van der Waals surface area contributed by atoms with Crippen LogP contribution in [0.3, 0.4) is 0 Å².